The molecule has 0 radical (unpaired) electrons. The van der Waals surface area contributed by atoms with Gasteiger partial charge in [-0.2, -0.15) is 0 Å². The van der Waals surface area contributed by atoms with E-state index in [1.807, 2.05) is 37.3 Å². The first-order valence-electron chi connectivity index (χ1n) is 9.26. The molecule has 1 aromatic carbocycles. The van der Waals surface area contributed by atoms with Gasteiger partial charge in [0.05, 0.1) is 19.8 Å². The van der Waals surface area contributed by atoms with Gasteiger partial charge < -0.3 is 13.9 Å². The largest absolute Gasteiger partial charge is 0.497 e. The highest BCUT2D eigenvalue weighted by Crippen LogP contribution is 2.36. The van der Waals surface area contributed by atoms with Crippen molar-refractivity contribution in [1.29, 1.82) is 0 Å². The van der Waals surface area contributed by atoms with Crippen LogP contribution >= 0.6 is 11.6 Å². The molecule has 1 rings (SSSR count). The fraction of sp³-hybridized carbons (Fsp3) is 0.619. The number of hydrogen-bond donors (Lipinski definition) is 0. The first-order chi connectivity index (χ1) is 12.0. The second kappa shape index (κ2) is 10.5. The van der Waals surface area contributed by atoms with Gasteiger partial charge in [0.1, 0.15) is 5.75 Å². The lowest BCUT2D eigenvalue weighted by Crippen LogP contribution is -2.41. The zero-order chi connectivity index (χ0) is 19.8. The maximum Gasteiger partial charge on any atom is 0.191 e. The molecule has 5 heteroatoms. The third-order valence-corrected chi connectivity index (χ3v) is 9.71. The molecule has 0 unspecified atom stereocenters. The predicted octanol–water partition coefficient (Wildman–Crippen LogP) is 6.53. The molecular formula is C21H35ClO3Si. The molecule has 1 aromatic rings. The van der Waals surface area contributed by atoms with Gasteiger partial charge in [-0.15, -0.1) is 0 Å². The topological polar surface area (TPSA) is 27.7 Å². The highest BCUT2D eigenvalue weighted by molar-refractivity contribution is 6.74. The van der Waals surface area contributed by atoms with E-state index in [9.17, 15) is 0 Å². The van der Waals surface area contributed by atoms with Gasteiger partial charge in [-0.3, -0.25) is 0 Å². The van der Waals surface area contributed by atoms with Gasteiger partial charge in [0, 0.05) is 11.6 Å². The lowest BCUT2D eigenvalue weighted by molar-refractivity contribution is 0.0272. The number of halogens is 1. The average molecular weight is 399 g/mol. The van der Waals surface area contributed by atoms with E-state index >= 15 is 0 Å². The number of ether oxygens (including phenoxy) is 2. The van der Waals surface area contributed by atoms with E-state index in [0.717, 1.165) is 35.8 Å². The smallest absolute Gasteiger partial charge is 0.191 e. The summed E-state index contributed by atoms with van der Waals surface area (Å²) in [6.45, 7) is 14.5. The van der Waals surface area contributed by atoms with Crippen LogP contribution in [0.1, 0.15) is 46.1 Å². The Morgan fingerprint density at radius 2 is 1.81 bits per heavy atom. The van der Waals surface area contributed by atoms with Crippen molar-refractivity contribution in [3.05, 3.63) is 40.9 Å². The summed E-state index contributed by atoms with van der Waals surface area (Å²) in [5.41, 5.74) is 1.13. The second-order valence-electron chi connectivity index (χ2n) is 8.21. The van der Waals surface area contributed by atoms with Crippen molar-refractivity contribution in [2.45, 2.75) is 71.4 Å². The molecule has 0 fully saturated rings. The molecule has 0 bridgehead atoms. The van der Waals surface area contributed by atoms with E-state index in [4.69, 9.17) is 25.5 Å². The molecule has 0 aromatic heterocycles. The lowest BCUT2D eigenvalue weighted by Gasteiger charge is -2.36. The molecular weight excluding hydrogens is 364 g/mol. The summed E-state index contributed by atoms with van der Waals surface area (Å²) in [5, 5.41) is 1.02. The molecule has 0 saturated carbocycles. The molecule has 148 valence electrons. The minimum Gasteiger partial charge on any atom is -0.497 e. The predicted molar refractivity (Wildman–Crippen MR) is 114 cm³/mol. The van der Waals surface area contributed by atoms with Crippen molar-refractivity contribution in [2.24, 2.45) is 0 Å². The highest BCUT2D eigenvalue weighted by atomic mass is 35.5. The third kappa shape index (κ3) is 8.25. The van der Waals surface area contributed by atoms with Gasteiger partial charge in [-0.25, -0.2) is 0 Å². The van der Waals surface area contributed by atoms with Crippen LogP contribution in [0.5, 0.6) is 5.75 Å². The van der Waals surface area contributed by atoms with E-state index < -0.39 is 8.32 Å². The summed E-state index contributed by atoms with van der Waals surface area (Å²) < 4.78 is 17.6. The molecule has 0 aliphatic heterocycles. The van der Waals surface area contributed by atoms with Crippen LogP contribution in [0.25, 0.3) is 0 Å². The fourth-order valence-corrected chi connectivity index (χ4v) is 3.31. The van der Waals surface area contributed by atoms with Crippen molar-refractivity contribution in [3.8, 4) is 5.75 Å². The highest BCUT2D eigenvalue weighted by Gasteiger charge is 2.37. The maximum absolute atomic E-state index is 6.30. The van der Waals surface area contributed by atoms with Crippen LogP contribution in [0.3, 0.4) is 0 Å². The molecule has 0 heterocycles. The average Bonchev–Trinajstić information content (AvgIpc) is 2.56. The summed E-state index contributed by atoms with van der Waals surface area (Å²) in [6.07, 6.45) is 3.78. The minimum absolute atomic E-state index is 0.0931. The summed E-state index contributed by atoms with van der Waals surface area (Å²) in [4.78, 5) is 0. The van der Waals surface area contributed by atoms with E-state index in [1.165, 1.54) is 0 Å². The summed E-state index contributed by atoms with van der Waals surface area (Å²) in [6, 6.07) is 7.98. The second-order valence-corrected chi connectivity index (χ2v) is 13.6. The standard InChI is InChI=1S/C21H35ClO3Si/c1-17(22)8-11-20(14-15-25-26(6,7)21(2,3)4)24-16-18-9-12-19(23-5)13-10-18/h8-10,12-13,20H,11,14-16H2,1-7H3/t20-/m0/s1. The van der Waals surface area contributed by atoms with Crippen molar-refractivity contribution in [1.82, 2.24) is 0 Å². The Morgan fingerprint density at radius 3 is 2.31 bits per heavy atom. The van der Waals surface area contributed by atoms with Crippen LogP contribution in [0, 0.1) is 0 Å². The normalized spacial score (nSPS) is 14.4. The van der Waals surface area contributed by atoms with Gasteiger partial charge in [-0.1, -0.05) is 50.6 Å². The molecule has 1 atom stereocenters. The zero-order valence-electron chi connectivity index (χ0n) is 17.4. The van der Waals surface area contributed by atoms with E-state index in [1.54, 1.807) is 7.11 Å². The molecule has 0 aliphatic rings. The van der Waals surface area contributed by atoms with Crippen LogP contribution in [-0.4, -0.2) is 28.1 Å². The van der Waals surface area contributed by atoms with Crippen molar-refractivity contribution >= 4 is 19.9 Å². The van der Waals surface area contributed by atoms with Crippen LogP contribution in [0.4, 0.5) is 0 Å². The molecule has 26 heavy (non-hydrogen) atoms. The quantitative estimate of drug-likeness (QED) is 0.419. The number of benzene rings is 1. The Bertz CT molecular complexity index is 558. The van der Waals surface area contributed by atoms with Crippen LogP contribution in [0.2, 0.25) is 18.1 Å². The van der Waals surface area contributed by atoms with Gasteiger partial charge >= 0.3 is 0 Å². The molecule has 0 spiro atoms. The van der Waals surface area contributed by atoms with Crippen molar-refractivity contribution in [2.75, 3.05) is 13.7 Å². The third-order valence-electron chi connectivity index (χ3n) is 5.02. The molecule has 0 N–H and O–H groups in total. The van der Waals surface area contributed by atoms with E-state index in [-0.39, 0.29) is 11.1 Å². The summed E-state index contributed by atoms with van der Waals surface area (Å²) >= 11 is 6.01. The van der Waals surface area contributed by atoms with E-state index in [2.05, 4.69) is 33.9 Å². The monoisotopic (exact) mass is 398 g/mol. The Morgan fingerprint density at radius 1 is 1.19 bits per heavy atom. The van der Waals surface area contributed by atoms with Crippen molar-refractivity contribution < 1.29 is 13.9 Å². The van der Waals surface area contributed by atoms with Gasteiger partial charge in [0.2, 0.25) is 0 Å². The number of rotatable bonds is 10. The molecule has 0 amide bonds. The maximum atomic E-state index is 6.30. The Balaban J connectivity index is 2.59. The summed E-state index contributed by atoms with van der Waals surface area (Å²) in [7, 11) is -0.0535. The lowest BCUT2D eigenvalue weighted by atomic mass is 10.1. The molecule has 0 saturated heterocycles. The van der Waals surface area contributed by atoms with Crippen LogP contribution in [0.15, 0.2) is 35.4 Å². The van der Waals surface area contributed by atoms with Crippen molar-refractivity contribution in [3.63, 3.8) is 0 Å². The molecule has 3 nitrogen and oxygen atoms in total. The number of allylic oxidation sites excluding steroid dienone is 1. The van der Waals surface area contributed by atoms with Gasteiger partial charge in [0.25, 0.3) is 0 Å². The first-order valence-corrected chi connectivity index (χ1v) is 12.5. The summed E-state index contributed by atoms with van der Waals surface area (Å²) in [5.74, 6) is 0.855. The fourth-order valence-electron chi connectivity index (χ4n) is 2.16. The van der Waals surface area contributed by atoms with Crippen LogP contribution < -0.4 is 4.74 Å². The first kappa shape index (κ1) is 23.2. The zero-order valence-corrected chi connectivity index (χ0v) is 19.2. The Kier molecular flexibility index (Phi) is 9.38. The SMILES string of the molecule is COc1ccc(CO[C@@H](CC=C(C)Cl)CCO[Si](C)(C)C(C)(C)C)cc1. The Labute approximate surface area is 165 Å². The molecule has 0 aliphatic carbocycles. The number of hydrogen-bond acceptors (Lipinski definition) is 3. The number of methoxy groups -OCH3 is 1. The van der Waals surface area contributed by atoms with E-state index in [0.29, 0.717) is 6.61 Å². The minimum atomic E-state index is -1.72. The Hall–Kier alpha value is -0.813. The van der Waals surface area contributed by atoms with Gasteiger partial charge in [-0.05, 0) is 55.6 Å². The van der Waals surface area contributed by atoms with Gasteiger partial charge in [0.15, 0.2) is 8.32 Å². The van der Waals surface area contributed by atoms with Crippen LogP contribution in [-0.2, 0) is 15.8 Å².